The molecule has 0 saturated carbocycles. The first-order chi connectivity index (χ1) is 20.7. The van der Waals surface area contributed by atoms with E-state index < -0.39 is 29.6 Å². The molecular formula is C38H33NO4. The average Bonchev–Trinajstić information content (AvgIpc) is 3.26. The van der Waals surface area contributed by atoms with E-state index in [1.54, 1.807) is 20.8 Å². The number of amides is 2. The molecule has 2 N–H and O–H groups in total. The monoisotopic (exact) mass is 567 g/mol. The summed E-state index contributed by atoms with van der Waals surface area (Å²) >= 11 is 0. The molecule has 0 aromatic heterocycles. The molecule has 5 nitrogen and oxygen atoms in total. The van der Waals surface area contributed by atoms with E-state index in [9.17, 15) is 19.8 Å². The van der Waals surface area contributed by atoms with Gasteiger partial charge in [-0.2, -0.15) is 0 Å². The molecule has 5 heteroatoms. The van der Waals surface area contributed by atoms with Gasteiger partial charge in [0.15, 0.2) is 6.29 Å². The van der Waals surface area contributed by atoms with Crippen LogP contribution in [0.4, 0.5) is 0 Å². The summed E-state index contributed by atoms with van der Waals surface area (Å²) in [5.74, 6) is -1.08. The Bertz CT molecular complexity index is 1670. The van der Waals surface area contributed by atoms with Gasteiger partial charge in [-0.25, -0.2) is 0 Å². The van der Waals surface area contributed by atoms with E-state index >= 15 is 0 Å². The second kappa shape index (κ2) is 11.1. The van der Waals surface area contributed by atoms with Crippen LogP contribution < -0.4 is 0 Å². The lowest BCUT2D eigenvalue weighted by molar-refractivity contribution is -0.114. The first kappa shape index (κ1) is 28.3. The number of aliphatic hydroxyl groups excluding tert-OH is 1. The molecule has 43 heavy (non-hydrogen) atoms. The van der Waals surface area contributed by atoms with Crippen LogP contribution in [0, 0.1) is 5.41 Å². The van der Waals surface area contributed by atoms with Crippen molar-refractivity contribution in [3.8, 4) is 44.5 Å². The highest BCUT2D eigenvalue weighted by Gasteiger charge is 2.50. The van der Waals surface area contributed by atoms with Crippen LogP contribution in [0.1, 0.15) is 41.5 Å². The molecule has 214 valence electrons. The molecular weight excluding hydrogens is 534 g/mol. The van der Waals surface area contributed by atoms with Crippen LogP contribution in [0.15, 0.2) is 121 Å². The number of carbonyl (C=O) groups excluding carboxylic acids is 2. The van der Waals surface area contributed by atoms with Gasteiger partial charge < -0.3 is 10.2 Å². The van der Waals surface area contributed by atoms with E-state index in [2.05, 4.69) is 0 Å². The zero-order valence-corrected chi connectivity index (χ0v) is 24.4. The third-order valence-corrected chi connectivity index (χ3v) is 8.06. The normalized spacial score (nSPS) is 13.9. The van der Waals surface area contributed by atoms with Crippen molar-refractivity contribution in [3.05, 3.63) is 132 Å². The lowest BCUT2D eigenvalue weighted by atomic mass is 9.78. The summed E-state index contributed by atoms with van der Waals surface area (Å²) in [6.07, 6.45) is -1.93. The van der Waals surface area contributed by atoms with Crippen molar-refractivity contribution in [3.63, 3.8) is 0 Å². The summed E-state index contributed by atoms with van der Waals surface area (Å²) < 4.78 is 0. The highest BCUT2D eigenvalue weighted by atomic mass is 16.5. The van der Waals surface area contributed by atoms with Crippen LogP contribution in [0.25, 0.3) is 44.5 Å². The molecule has 6 rings (SSSR count). The number of rotatable bonds is 6. The summed E-state index contributed by atoms with van der Waals surface area (Å²) in [5, 5.41) is 21.1. The largest absolute Gasteiger partial charge is 0.366 e. The van der Waals surface area contributed by atoms with Crippen LogP contribution in [0.2, 0.25) is 0 Å². The number of hydrogen-bond acceptors (Lipinski definition) is 4. The van der Waals surface area contributed by atoms with Gasteiger partial charge in [0.1, 0.15) is 0 Å². The van der Waals surface area contributed by atoms with E-state index in [0.29, 0.717) is 11.1 Å². The summed E-state index contributed by atoms with van der Waals surface area (Å²) in [6.45, 7) is 5.38. The summed E-state index contributed by atoms with van der Waals surface area (Å²) in [5.41, 5.74) is 6.03. The fraction of sp³-hybridized carbons (Fsp3) is 0.158. The Morgan fingerprint density at radius 1 is 0.465 bits per heavy atom. The molecule has 5 aromatic carbocycles. The smallest absolute Gasteiger partial charge is 0.262 e. The van der Waals surface area contributed by atoms with Crippen LogP contribution in [0.5, 0.6) is 0 Å². The number of imide groups is 1. The zero-order chi connectivity index (χ0) is 30.3. The van der Waals surface area contributed by atoms with E-state index in [4.69, 9.17) is 0 Å². The molecule has 2 amide bonds. The first-order valence-electron chi connectivity index (χ1n) is 14.4. The maximum Gasteiger partial charge on any atom is 0.262 e. The first-order valence-corrected chi connectivity index (χ1v) is 14.4. The maximum absolute atomic E-state index is 14.7. The van der Waals surface area contributed by atoms with Gasteiger partial charge in [0.05, 0.1) is 17.2 Å². The van der Waals surface area contributed by atoms with Crippen LogP contribution in [-0.4, -0.2) is 39.3 Å². The van der Waals surface area contributed by atoms with E-state index in [1.165, 1.54) is 0 Å². The van der Waals surface area contributed by atoms with Gasteiger partial charge in [-0.05, 0) is 38.8 Å². The van der Waals surface area contributed by atoms with Gasteiger partial charge in [-0.15, -0.1) is 0 Å². The van der Waals surface area contributed by atoms with Gasteiger partial charge in [-0.1, -0.05) is 142 Å². The topological polar surface area (TPSA) is 77.8 Å². The number of fused-ring (bicyclic) bond motifs is 1. The van der Waals surface area contributed by atoms with Crippen molar-refractivity contribution < 1.29 is 19.8 Å². The fourth-order valence-corrected chi connectivity index (χ4v) is 6.31. The molecule has 1 aliphatic heterocycles. The van der Waals surface area contributed by atoms with E-state index in [-0.39, 0.29) is 11.1 Å². The second-order valence-electron chi connectivity index (χ2n) is 11.9. The molecule has 1 aliphatic rings. The van der Waals surface area contributed by atoms with Crippen molar-refractivity contribution in [1.29, 1.82) is 0 Å². The number of benzene rings is 5. The van der Waals surface area contributed by atoms with Gasteiger partial charge in [0, 0.05) is 11.1 Å². The Morgan fingerprint density at radius 3 is 0.953 bits per heavy atom. The summed E-state index contributed by atoms with van der Waals surface area (Å²) in [6, 6.07) is 37.9. The number of aliphatic hydroxyl groups is 2. The van der Waals surface area contributed by atoms with Crippen molar-refractivity contribution in [1.82, 2.24) is 4.90 Å². The van der Waals surface area contributed by atoms with Crippen molar-refractivity contribution in [2.45, 2.75) is 33.1 Å². The third kappa shape index (κ3) is 4.87. The maximum atomic E-state index is 14.7. The molecule has 1 atom stereocenters. The predicted octanol–water partition coefficient (Wildman–Crippen LogP) is 7.68. The highest BCUT2D eigenvalue weighted by Crippen LogP contribution is 2.52. The molecule has 0 aliphatic carbocycles. The fourth-order valence-electron chi connectivity index (χ4n) is 6.31. The van der Waals surface area contributed by atoms with Gasteiger partial charge >= 0.3 is 0 Å². The quantitative estimate of drug-likeness (QED) is 0.163. The average molecular weight is 568 g/mol. The number of carbonyl (C=O) groups is 2. The number of nitrogens with zero attached hydrogens (tertiary/aromatic N) is 1. The van der Waals surface area contributed by atoms with Crippen molar-refractivity contribution >= 4 is 11.8 Å². The summed E-state index contributed by atoms with van der Waals surface area (Å²) in [4.78, 5) is 30.5. The summed E-state index contributed by atoms with van der Waals surface area (Å²) in [7, 11) is 0. The van der Waals surface area contributed by atoms with Crippen LogP contribution >= 0.6 is 0 Å². The Kier molecular flexibility index (Phi) is 7.30. The Balaban J connectivity index is 1.86. The molecule has 1 heterocycles. The van der Waals surface area contributed by atoms with Gasteiger partial charge in [0.2, 0.25) is 0 Å². The predicted molar refractivity (Wildman–Crippen MR) is 170 cm³/mol. The molecule has 0 unspecified atom stereocenters. The standard InChI is InChI=1S/C38H33NO4/c1-38(2,3)34(37(42)43)39-35(40)32-30(26-20-12-6-13-21-26)28(24-16-8-4-9-17-24)29(25-18-10-5-11-19-25)31(33(32)36(39)41)27-22-14-7-15-23-27/h4-23,34,37,42-43H,1-3H3/t34-/m1/s1. The van der Waals surface area contributed by atoms with Crippen LogP contribution in [-0.2, 0) is 0 Å². The Labute approximate surface area is 251 Å². The second-order valence-corrected chi connectivity index (χ2v) is 11.9. The minimum Gasteiger partial charge on any atom is -0.366 e. The molecule has 0 saturated heterocycles. The van der Waals surface area contributed by atoms with E-state index in [1.807, 2.05) is 121 Å². The van der Waals surface area contributed by atoms with Gasteiger partial charge in [0.25, 0.3) is 11.8 Å². The minimum absolute atomic E-state index is 0.267. The zero-order valence-electron chi connectivity index (χ0n) is 24.4. The van der Waals surface area contributed by atoms with Crippen LogP contribution in [0.3, 0.4) is 0 Å². The Morgan fingerprint density at radius 2 is 0.721 bits per heavy atom. The molecule has 5 aromatic rings. The van der Waals surface area contributed by atoms with Crippen molar-refractivity contribution in [2.24, 2.45) is 5.41 Å². The molecule has 0 bridgehead atoms. The SMILES string of the molecule is CC(C)(C)[C@@H](C(O)O)N1C(=O)c2c(c(-c3ccccc3)c(-c3ccccc3)c(-c3ccccc3)c2-c2ccccc2)C1=O. The lowest BCUT2D eigenvalue weighted by Gasteiger charge is -2.37. The Hall–Kier alpha value is -4.84. The number of hydrogen-bond donors (Lipinski definition) is 2. The molecule has 0 spiro atoms. The minimum atomic E-state index is -1.93. The molecule has 0 fully saturated rings. The van der Waals surface area contributed by atoms with E-state index in [0.717, 1.165) is 38.3 Å². The van der Waals surface area contributed by atoms with Crippen molar-refractivity contribution in [2.75, 3.05) is 0 Å². The third-order valence-electron chi connectivity index (χ3n) is 8.06. The molecule has 0 radical (unpaired) electrons. The van der Waals surface area contributed by atoms with Gasteiger partial charge in [-0.3, -0.25) is 14.5 Å². The lowest BCUT2D eigenvalue weighted by Crippen LogP contribution is -2.53. The highest BCUT2D eigenvalue weighted by molar-refractivity contribution is 6.30.